The Balaban J connectivity index is 0.877. The third-order valence-electron chi connectivity index (χ3n) is 9.99. The number of carbonyl (C=O) groups excluding carboxylic acids is 2. The highest BCUT2D eigenvalue weighted by Gasteiger charge is 2.28. The zero-order valence-electron chi connectivity index (χ0n) is 30.7. The third kappa shape index (κ3) is 6.17. The highest BCUT2D eigenvalue weighted by Crippen LogP contribution is 2.37. The van der Waals surface area contributed by atoms with Gasteiger partial charge in [0.1, 0.15) is 34.7 Å². The number of thiophene rings is 2. The van der Waals surface area contributed by atoms with E-state index in [1.165, 1.54) is 9.75 Å². The van der Waals surface area contributed by atoms with Crippen molar-refractivity contribution in [1.82, 2.24) is 40.2 Å². The van der Waals surface area contributed by atoms with Crippen LogP contribution in [0.5, 0.6) is 0 Å². The molecule has 0 radical (unpaired) electrons. The molecule has 2 aliphatic heterocycles. The van der Waals surface area contributed by atoms with Gasteiger partial charge in [-0.25, -0.2) is 0 Å². The lowest BCUT2D eigenvalue weighted by molar-refractivity contribution is 0.0885. The molecule has 6 heterocycles. The van der Waals surface area contributed by atoms with E-state index in [1.807, 2.05) is 38.1 Å². The van der Waals surface area contributed by atoms with Crippen LogP contribution in [0.2, 0.25) is 0 Å². The van der Waals surface area contributed by atoms with Crippen molar-refractivity contribution in [2.75, 3.05) is 13.1 Å². The number of hydrogen-bond donors (Lipinski definition) is 3. The van der Waals surface area contributed by atoms with Gasteiger partial charge in [-0.1, -0.05) is 24.3 Å². The average molecular weight is 759 g/mol. The van der Waals surface area contributed by atoms with Crippen molar-refractivity contribution in [2.24, 2.45) is 9.98 Å². The van der Waals surface area contributed by atoms with Crippen molar-refractivity contribution < 1.29 is 14.7 Å². The molecule has 4 aromatic heterocycles. The number of aliphatic imine (C=N–C) groups is 2. The molecule has 274 valence electrons. The van der Waals surface area contributed by atoms with E-state index in [0.717, 1.165) is 78.1 Å². The Morgan fingerprint density at radius 3 is 1.43 bits per heavy atom. The van der Waals surface area contributed by atoms with E-state index in [-0.39, 0.29) is 24.9 Å². The first-order chi connectivity index (χ1) is 26.0. The summed E-state index contributed by atoms with van der Waals surface area (Å²) in [5.41, 5.74) is 8.81. The molecule has 15 heteroatoms. The van der Waals surface area contributed by atoms with Crippen LogP contribution in [-0.2, 0) is 13.1 Å². The minimum absolute atomic E-state index is 0.0316. The van der Waals surface area contributed by atoms with Crippen molar-refractivity contribution >= 4 is 45.9 Å². The summed E-state index contributed by atoms with van der Waals surface area (Å²) in [4.78, 5) is 38.3. The molecule has 0 saturated heterocycles. The van der Waals surface area contributed by atoms with Crippen molar-refractivity contribution in [3.63, 3.8) is 0 Å². The fraction of sp³-hybridized carbons (Fsp3) is 0.282. The smallest absolute Gasteiger partial charge is 0.251 e. The van der Waals surface area contributed by atoms with Crippen LogP contribution in [-0.4, -0.2) is 77.1 Å². The predicted octanol–water partition coefficient (Wildman–Crippen LogP) is 5.04. The Morgan fingerprint density at radius 2 is 1.04 bits per heavy atom. The lowest BCUT2D eigenvalue weighted by Crippen LogP contribution is -2.40. The van der Waals surface area contributed by atoms with E-state index < -0.39 is 6.10 Å². The van der Waals surface area contributed by atoms with Gasteiger partial charge in [-0.05, 0) is 76.9 Å². The molecule has 2 amide bonds. The second kappa shape index (κ2) is 14.0. The molecule has 0 saturated carbocycles. The van der Waals surface area contributed by atoms with Crippen LogP contribution in [0.15, 0.2) is 58.5 Å². The highest BCUT2D eigenvalue weighted by molar-refractivity contribution is 7.15. The fourth-order valence-corrected chi connectivity index (χ4v) is 9.27. The van der Waals surface area contributed by atoms with E-state index in [9.17, 15) is 14.7 Å². The fourth-order valence-electron chi connectivity index (χ4n) is 6.82. The standard InChI is InChI=1S/C39H38N10O3S2/c1-19-21(3)53-38-32(19)34(40-17-30-46-44-23(5)48(30)38)25-7-11-27(12-8-25)36(51)42-15-29(50)16-43-37(52)28-13-9-26(10-14-28)35-33-20(2)22(4)54-39(33)49-24(6)45-47-31(49)18-41-35/h7-14,29,50H,15-18H2,1-6H3,(H,42,51)(H,43,52). The number of carbonyl (C=O) groups is 2. The van der Waals surface area contributed by atoms with E-state index in [4.69, 9.17) is 9.98 Å². The van der Waals surface area contributed by atoms with Crippen molar-refractivity contribution in [3.05, 3.63) is 126 Å². The molecular formula is C39H38N10O3S2. The Bertz CT molecular complexity index is 2350. The summed E-state index contributed by atoms with van der Waals surface area (Å²) in [5.74, 6) is 2.56. The minimum Gasteiger partial charge on any atom is -0.389 e. The summed E-state index contributed by atoms with van der Waals surface area (Å²) in [6, 6.07) is 14.6. The molecule has 0 spiro atoms. The van der Waals surface area contributed by atoms with Gasteiger partial charge < -0.3 is 15.7 Å². The van der Waals surface area contributed by atoms with Gasteiger partial charge in [-0.2, -0.15) is 0 Å². The van der Waals surface area contributed by atoms with Crippen LogP contribution in [0, 0.1) is 41.5 Å². The van der Waals surface area contributed by atoms with Crippen molar-refractivity contribution in [1.29, 1.82) is 0 Å². The van der Waals surface area contributed by atoms with Gasteiger partial charge in [0.2, 0.25) is 0 Å². The summed E-state index contributed by atoms with van der Waals surface area (Å²) in [5, 5.41) is 35.5. The molecule has 3 N–H and O–H groups in total. The number of nitrogens with one attached hydrogen (secondary N) is 2. The monoisotopic (exact) mass is 758 g/mol. The minimum atomic E-state index is -0.989. The molecule has 0 atom stereocenters. The first-order valence-corrected chi connectivity index (χ1v) is 19.2. The number of rotatable bonds is 8. The number of aromatic nitrogens is 6. The molecule has 2 aromatic carbocycles. The SMILES string of the molecule is Cc1sc2c(c1C)C(c1ccc(C(=O)NCC(O)CNC(=O)c3ccc(C4=NCc5nnc(C)n5-c5sc(C)c(C)c54)cc3)cc1)=NCc1nnc(C)n1-2. The quantitative estimate of drug-likeness (QED) is 0.196. The molecule has 6 aromatic rings. The molecule has 0 bridgehead atoms. The number of nitrogens with zero attached hydrogens (tertiary/aromatic N) is 8. The molecule has 0 fully saturated rings. The number of aryl methyl sites for hydroxylation is 4. The molecule has 13 nitrogen and oxygen atoms in total. The average Bonchev–Trinajstić information content (AvgIpc) is 3.83. The predicted molar refractivity (Wildman–Crippen MR) is 209 cm³/mol. The first-order valence-electron chi connectivity index (χ1n) is 17.6. The second-order valence-electron chi connectivity index (χ2n) is 13.5. The van der Waals surface area contributed by atoms with Crippen LogP contribution in [0.25, 0.3) is 10.0 Å². The van der Waals surface area contributed by atoms with Gasteiger partial charge in [-0.15, -0.1) is 43.1 Å². The van der Waals surface area contributed by atoms with E-state index >= 15 is 0 Å². The first kappa shape index (κ1) is 35.4. The summed E-state index contributed by atoms with van der Waals surface area (Å²) in [6.45, 7) is 13.0. The highest BCUT2D eigenvalue weighted by atomic mass is 32.1. The molecule has 0 unspecified atom stereocenters. The van der Waals surface area contributed by atoms with Gasteiger partial charge in [0.05, 0.1) is 17.5 Å². The maximum atomic E-state index is 13.0. The Morgan fingerprint density at radius 1 is 0.648 bits per heavy atom. The third-order valence-corrected chi connectivity index (χ3v) is 12.4. The number of aliphatic hydroxyl groups excluding tert-OH is 1. The van der Waals surface area contributed by atoms with Gasteiger partial charge in [-0.3, -0.25) is 28.7 Å². The topological polar surface area (TPSA) is 165 Å². The van der Waals surface area contributed by atoms with Crippen LogP contribution in [0.1, 0.15) is 87.1 Å². The van der Waals surface area contributed by atoms with Gasteiger partial charge in [0.15, 0.2) is 11.6 Å². The summed E-state index contributed by atoms with van der Waals surface area (Å²) in [6.07, 6.45) is -0.989. The summed E-state index contributed by atoms with van der Waals surface area (Å²) >= 11 is 3.39. The number of aliphatic hydroxyl groups is 1. The van der Waals surface area contributed by atoms with E-state index in [1.54, 1.807) is 46.9 Å². The van der Waals surface area contributed by atoms with Gasteiger partial charge in [0, 0.05) is 56.2 Å². The molecular weight excluding hydrogens is 721 g/mol. The number of fused-ring (bicyclic) bond motifs is 6. The Hall–Kier alpha value is -5.64. The second-order valence-corrected chi connectivity index (χ2v) is 15.9. The molecule has 54 heavy (non-hydrogen) atoms. The zero-order valence-corrected chi connectivity index (χ0v) is 32.3. The van der Waals surface area contributed by atoms with E-state index in [0.29, 0.717) is 24.2 Å². The normalized spacial score (nSPS) is 13.3. The largest absolute Gasteiger partial charge is 0.389 e. The maximum absolute atomic E-state index is 13.0. The number of benzene rings is 2. The molecule has 0 aliphatic carbocycles. The molecule has 8 rings (SSSR count). The number of hydrogen-bond acceptors (Lipinski definition) is 11. The lowest BCUT2D eigenvalue weighted by atomic mass is 9.98. The van der Waals surface area contributed by atoms with Crippen LogP contribution >= 0.6 is 22.7 Å². The van der Waals surface area contributed by atoms with Crippen molar-refractivity contribution in [3.8, 4) is 10.0 Å². The molecule has 2 aliphatic rings. The maximum Gasteiger partial charge on any atom is 0.251 e. The van der Waals surface area contributed by atoms with Gasteiger partial charge >= 0.3 is 0 Å². The lowest BCUT2D eigenvalue weighted by Gasteiger charge is -2.14. The van der Waals surface area contributed by atoms with Crippen LogP contribution < -0.4 is 10.6 Å². The van der Waals surface area contributed by atoms with Gasteiger partial charge in [0.25, 0.3) is 11.8 Å². The summed E-state index contributed by atoms with van der Waals surface area (Å²) in [7, 11) is 0. The zero-order chi connectivity index (χ0) is 37.8. The van der Waals surface area contributed by atoms with Crippen LogP contribution in [0.3, 0.4) is 0 Å². The summed E-state index contributed by atoms with van der Waals surface area (Å²) < 4.78 is 4.15. The van der Waals surface area contributed by atoms with E-state index in [2.05, 4.69) is 67.9 Å². The van der Waals surface area contributed by atoms with Crippen LogP contribution in [0.4, 0.5) is 0 Å². The number of amides is 2. The Labute approximate surface area is 319 Å². The Kier molecular flexibility index (Phi) is 9.16. The van der Waals surface area contributed by atoms with Crippen molar-refractivity contribution in [2.45, 2.75) is 60.7 Å².